The zero-order valence-electron chi connectivity index (χ0n) is 17.1. The predicted octanol–water partition coefficient (Wildman–Crippen LogP) is 4.47. The molecule has 2 amide bonds. The number of benzene rings is 1. The van der Waals surface area contributed by atoms with Gasteiger partial charge in [0.25, 0.3) is 11.8 Å². The van der Waals surface area contributed by atoms with Crippen molar-refractivity contribution in [3.63, 3.8) is 0 Å². The van der Waals surface area contributed by atoms with Crippen molar-refractivity contribution < 1.29 is 9.59 Å². The first-order chi connectivity index (χ1) is 14.5. The maximum Gasteiger partial charge on any atom is 0.286 e. The Balaban J connectivity index is 1.43. The Morgan fingerprint density at radius 3 is 2.83 bits per heavy atom. The van der Waals surface area contributed by atoms with Crippen molar-refractivity contribution in [1.82, 2.24) is 20.7 Å². The van der Waals surface area contributed by atoms with Gasteiger partial charge in [-0.2, -0.15) is 0 Å². The minimum atomic E-state index is -0.431. The van der Waals surface area contributed by atoms with Gasteiger partial charge in [0.15, 0.2) is 0 Å². The summed E-state index contributed by atoms with van der Waals surface area (Å²) in [6, 6.07) is 7.00. The maximum atomic E-state index is 12.2. The first-order valence-electron chi connectivity index (χ1n) is 10.2. The van der Waals surface area contributed by atoms with Crippen LogP contribution in [0.5, 0.6) is 0 Å². The van der Waals surface area contributed by atoms with Crippen LogP contribution in [0.15, 0.2) is 60.3 Å². The molecule has 158 valence electrons. The van der Waals surface area contributed by atoms with Crippen LogP contribution in [-0.2, 0) is 4.79 Å². The van der Waals surface area contributed by atoms with Crippen LogP contribution in [0, 0.1) is 0 Å². The van der Waals surface area contributed by atoms with Crippen LogP contribution in [0.2, 0.25) is 5.02 Å². The molecule has 0 atom stereocenters. The molecule has 2 heterocycles. The number of hydrogen-bond donors (Lipinski definition) is 3. The number of nitrogens with zero attached hydrogens (tertiary/aromatic N) is 1. The molecule has 1 aliphatic rings. The number of rotatable bonds is 8. The molecule has 0 saturated heterocycles. The van der Waals surface area contributed by atoms with E-state index >= 15 is 0 Å². The minimum absolute atomic E-state index is 0.341. The van der Waals surface area contributed by atoms with Crippen LogP contribution in [0.1, 0.15) is 43.1 Å². The number of aromatic amines is 1. The number of hydrazine groups is 1. The van der Waals surface area contributed by atoms with Gasteiger partial charge in [-0.1, -0.05) is 43.9 Å². The quantitative estimate of drug-likeness (QED) is 0.331. The third-order valence-electron chi connectivity index (χ3n) is 4.89. The Morgan fingerprint density at radius 1 is 1.20 bits per heavy atom. The number of hydrogen-bond acceptors (Lipinski definition) is 3. The van der Waals surface area contributed by atoms with Gasteiger partial charge in [-0.25, -0.2) is 0 Å². The van der Waals surface area contributed by atoms with Crippen LogP contribution in [0.25, 0.3) is 10.9 Å². The SMILES string of the molecule is CCCCCCN1C=CC(/C=C/C(=O)NNC(=O)c2cc3cc(Cl)ccc3[nH]2)=CC1. The van der Waals surface area contributed by atoms with Gasteiger partial charge in [0.2, 0.25) is 0 Å². The van der Waals surface area contributed by atoms with Gasteiger partial charge in [0.05, 0.1) is 0 Å². The molecule has 30 heavy (non-hydrogen) atoms. The van der Waals surface area contributed by atoms with Gasteiger partial charge in [-0.05, 0) is 54.6 Å². The predicted molar refractivity (Wildman–Crippen MR) is 121 cm³/mol. The van der Waals surface area contributed by atoms with E-state index < -0.39 is 11.8 Å². The highest BCUT2D eigenvalue weighted by atomic mass is 35.5. The number of allylic oxidation sites excluding steroid dienone is 3. The van der Waals surface area contributed by atoms with Crippen LogP contribution < -0.4 is 10.9 Å². The van der Waals surface area contributed by atoms with Crippen molar-refractivity contribution in [3.05, 3.63) is 71.1 Å². The van der Waals surface area contributed by atoms with Gasteiger partial charge in [-0.3, -0.25) is 20.4 Å². The molecule has 3 rings (SSSR count). The molecule has 1 aromatic carbocycles. The lowest BCUT2D eigenvalue weighted by atomic mass is 10.1. The fourth-order valence-corrected chi connectivity index (χ4v) is 3.38. The van der Waals surface area contributed by atoms with Gasteiger partial charge in [0, 0.05) is 35.1 Å². The largest absolute Gasteiger partial charge is 0.374 e. The Bertz CT molecular complexity index is 990. The Morgan fingerprint density at radius 2 is 2.07 bits per heavy atom. The van der Waals surface area contributed by atoms with Crippen molar-refractivity contribution in [2.75, 3.05) is 13.1 Å². The Labute approximate surface area is 181 Å². The fourth-order valence-electron chi connectivity index (χ4n) is 3.20. The zero-order chi connectivity index (χ0) is 21.3. The van der Waals surface area contributed by atoms with Gasteiger partial charge in [0.1, 0.15) is 5.69 Å². The van der Waals surface area contributed by atoms with E-state index in [1.54, 1.807) is 30.3 Å². The number of carbonyl (C=O) groups is 2. The van der Waals surface area contributed by atoms with E-state index in [0.717, 1.165) is 29.6 Å². The summed E-state index contributed by atoms with van der Waals surface area (Å²) in [6.07, 6.45) is 14.2. The Kier molecular flexibility index (Phi) is 7.74. The van der Waals surface area contributed by atoms with Gasteiger partial charge in [-0.15, -0.1) is 0 Å². The number of unbranched alkanes of at least 4 members (excludes halogenated alkanes) is 3. The van der Waals surface area contributed by atoms with E-state index in [0.29, 0.717) is 10.7 Å². The molecule has 6 nitrogen and oxygen atoms in total. The lowest BCUT2D eigenvalue weighted by molar-refractivity contribution is -0.117. The molecule has 1 aromatic heterocycles. The van der Waals surface area contributed by atoms with Crippen LogP contribution in [0.3, 0.4) is 0 Å². The smallest absolute Gasteiger partial charge is 0.286 e. The number of amides is 2. The molecule has 2 aromatic rings. The number of H-pyrrole nitrogens is 1. The summed E-state index contributed by atoms with van der Waals surface area (Å²) >= 11 is 5.96. The summed E-state index contributed by atoms with van der Waals surface area (Å²) < 4.78 is 0. The minimum Gasteiger partial charge on any atom is -0.374 e. The van der Waals surface area contributed by atoms with Gasteiger partial charge >= 0.3 is 0 Å². The van der Waals surface area contributed by atoms with Crippen molar-refractivity contribution in [2.45, 2.75) is 32.6 Å². The highest BCUT2D eigenvalue weighted by Gasteiger charge is 2.10. The van der Waals surface area contributed by atoms with E-state index in [4.69, 9.17) is 11.6 Å². The first kappa shape index (κ1) is 21.7. The summed E-state index contributed by atoms with van der Waals surface area (Å²) in [4.78, 5) is 29.5. The highest BCUT2D eigenvalue weighted by Crippen LogP contribution is 2.20. The molecule has 3 N–H and O–H groups in total. The standard InChI is InChI=1S/C23H27ClN4O2/c1-2-3-4-5-12-28-13-10-17(11-14-28)6-9-22(29)26-27-23(30)21-16-18-15-19(24)7-8-20(18)25-21/h6-11,13,15-16,25H,2-5,12,14H2,1H3,(H,26,29)(H,27,30)/b9-6+. The van der Waals surface area contributed by atoms with Crippen LogP contribution in [-0.4, -0.2) is 34.8 Å². The molecular formula is C23H27ClN4O2. The second-order valence-corrected chi connectivity index (χ2v) is 7.70. The molecule has 0 spiro atoms. The third kappa shape index (κ3) is 6.26. The molecular weight excluding hydrogens is 400 g/mol. The monoisotopic (exact) mass is 426 g/mol. The van der Waals surface area contributed by atoms with E-state index in [-0.39, 0.29) is 0 Å². The summed E-state index contributed by atoms with van der Waals surface area (Å²) in [6.45, 7) is 4.10. The second-order valence-electron chi connectivity index (χ2n) is 7.27. The molecule has 1 aliphatic heterocycles. The lowest BCUT2D eigenvalue weighted by Gasteiger charge is -2.21. The van der Waals surface area contributed by atoms with Crippen LogP contribution in [0.4, 0.5) is 0 Å². The fraction of sp³-hybridized carbons (Fsp3) is 0.304. The lowest BCUT2D eigenvalue weighted by Crippen LogP contribution is -2.40. The van der Waals surface area contributed by atoms with Crippen molar-refractivity contribution in [3.8, 4) is 0 Å². The number of fused-ring (bicyclic) bond motifs is 1. The summed E-state index contributed by atoms with van der Waals surface area (Å²) in [7, 11) is 0. The molecule has 0 bridgehead atoms. The highest BCUT2D eigenvalue weighted by molar-refractivity contribution is 6.31. The molecule has 7 heteroatoms. The normalized spacial score (nSPS) is 13.7. The maximum absolute atomic E-state index is 12.2. The third-order valence-corrected chi connectivity index (χ3v) is 5.13. The van der Waals surface area contributed by atoms with E-state index in [1.807, 2.05) is 6.08 Å². The summed E-state index contributed by atoms with van der Waals surface area (Å²) in [5.74, 6) is -0.835. The summed E-state index contributed by atoms with van der Waals surface area (Å²) in [5.41, 5.74) is 6.90. The Hall–Kier alpha value is -2.99. The van der Waals surface area contributed by atoms with Crippen molar-refractivity contribution in [1.29, 1.82) is 0 Å². The zero-order valence-corrected chi connectivity index (χ0v) is 17.8. The molecule has 0 saturated carbocycles. The number of halogens is 1. The number of aromatic nitrogens is 1. The topological polar surface area (TPSA) is 77.2 Å². The average Bonchev–Trinajstić information content (AvgIpc) is 3.17. The van der Waals surface area contributed by atoms with E-state index in [2.05, 4.69) is 39.9 Å². The van der Waals surface area contributed by atoms with Crippen molar-refractivity contribution in [2.24, 2.45) is 0 Å². The van der Waals surface area contributed by atoms with E-state index in [9.17, 15) is 9.59 Å². The second kappa shape index (κ2) is 10.7. The molecule has 0 fully saturated rings. The average molecular weight is 427 g/mol. The van der Waals surface area contributed by atoms with Gasteiger partial charge < -0.3 is 9.88 Å². The number of carbonyl (C=O) groups excluding carboxylic acids is 2. The first-order valence-corrected chi connectivity index (χ1v) is 10.6. The number of nitrogens with one attached hydrogen (secondary N) is 3. The summed E-state index contributed by atoms with van der Waals surface area (Å²) in [5, 5.41) is 1.42. The van der Waals surface area contributed by atoms with Crippen molar-refractivity contribution >= 4 is 34.3 Å². The molecule has 0 unspecified atom stereocenters. The van der Waals surface area contributed by atoms with E-state index in [1.165, 1.54) is 31.8 Å². The molecule has 0 aliphatic carbocycles. The molecule has 0 radical (unpaired) electrons. The van der Waals surface area contributed by atoms with Crippen LogP contribution >= 0.6 is 11.6 Å².